The molecule has 14 heavy (non-hydrogen) atoms. The minimum Gasteiger partial charge on any atom is -0.339 e. The number of aromatic nitrogens is 3. The lowest BCUT2D eigenvalue weighted by atomic mass is 10.2. The molecule has 3 rings (SSSR count). The standard InChI is InChI=1S/C10H6BrN3/c11-6-1-2-7-8-4-12-5-13-10(8)14-9(7)3-6/h1-5H,(H,12,13,14). The molecule has 3 aromatic rings. The molecule has 0 saturated carbocycles. The van der Waals surface area contributed by atoms with E-state index in [-0.39, 0.29) is 0 Å². The summed E-state index contributed by atoms with van der Waals surface area (Å²) in [5.74, 6) is 0. The molecule has 1 aromatic carbocycles. The Morgan fingerprint density at radius 2 is 2.14 bits per heavy atom. The van der Waals surface area contributed by atoms with E-state index in [4.69, 9.17) is 0 Å². The molecule has 68 valence electrons. The van der Waals surface area contributed by atoms with Crippen molar-refractivity contribution in [1.29, 1.82) is 0 Å². The number of hydrogen-bond acceptors (Lipinski definition) is 2. The highest BCUT2D eigenvalue weighted by Crippen LogP contribution is 2.25. The lowest BCUT2D eigenvalue weighted by Crippen LogP contribution is -1.75. The van der Waals surface area contributed by atoms with Crippen molar-refractivity contribution in [2.45, 2.75) is 0 Å². The Morgan fingerprint density at radius 3 is 3.07 bits per heavy atom. The molecule has 0 fully saturated rings. The van der Waals surface area contributed by atoms with Gasteiger partial charge in [-0.2, -0.15) is 0 Å². The van der Waals surface area contributed by atoms with Gasteiger partial charge in [0, 0.05) is 27.0 Å². The Hall–Kier alpha value is -1.42. The van der Waals surface area contributed by atoms with E-state index in [2.05, 4.69) is 36.9 Å². The van der Waals surface area contributed by atoms with E-state index in [0.717, 1.165) is 26.4 Å². The lowest BCUT2D eigenvalue weighted by Gasteiger charge is -1.90. The van der Waals surface area contributed by atoms with Crippen LogP contribution in [0.1, 0.15) is 0 Å². The van der Waals surface area contributed by atoms with Crippen LogP contribution in [-0.2, 0) is 0 Å². The third kappa shape index (κ3) is 1.04. The third-order valence-corrected chi connectivity index (χ3v) is 2.73. The third-order valence-electron chi connectivity index (χ3n) is 2.24. The number of rotatable bonds is 0. The van der Waals surface area contributed by atoms with Gasteiger partial charge in [0.25, 0.3) is 0 Å². The molecular formula is C10H6BrN3. The van der Waals surface area contributed by atoms with Crippen LogP contribution in [0, 0.1) is 0 Å². The summed E-state index contributed by atoms with van der Waals surface area (Å²) in [6, 6.07) is 6.11. The van der Waals surface area contributed by atoms with Gasteiger partial charge in [-0.15, -0.1) is 0 Å². The van der Waals surface area contributed by atoms with E-state index in [1.807, 2.05) is 18.3 Å². The lowest BCUT2D eigenvalue weighted by molar-refractivity contribution is 1.21. The summed E-state index contributed by atoms with van der Waals surface area (Å²) in [6.07, 6.45) is 3.38. The molecular weight excluding hydrogens is 242 g/mol. The van der Waals surface area contributed by atoms with Gasteiger partial charge in [-0.05, 0) is 12.1 Å². The summed E-state index contributed by atoms with van der Waals surface area (Å²) < 4.78 is 1.06. The topological polar surface area (TPSA) is 41.6 Å². The average molecular weight is 248 g/mol. The van der Waals surface area contributed by atoms with Crippen molar-refractivity contribution in [2.75, 3.05) is 0 Å². The van der Waals surface area contributed by atoms with Gasteiger partial charge in [0.15, 0.2) is 0 Å². The molecule has 0 atom stereocenters. The number of nitrogens with zero attached hydrogens (tertiary/aromatic N) is 2. The van der Waals surface area contributed by atoms with E-state index >= 15 is 0 Å². The van der Waals surface area contributed by atoms with Crippen LogP contribution >= 0.6 is 15.9 Å². The zero-order chi connectivity index (χ0) is 9.54. The molecule has 3 nitrogen and oxygen atoms in total. The first-order valence-electron chi connectivity index (χ1n) is 4.21. The maximum absolute atomic E-state index is 4.17. The number of benzene rings is 1. The van der Waals surface area contributed by atoms with Gasteiger partial charge in [-0.1, -0.05) is 22.0 Å². The minimum absolute atomic E-state index is 0.883. The van der Waals surface area contributed by atoms with Crippen molar-refractivity contribution >= 4 is 37.9 Å². The second-order valence-electron chi connectivity index (χ2n) is 3.10. The van der Waals surface area contributed by atoms with Crippen LogP contribution in [0.25, 0.3) is 21.9 Å². The smallest absolute Gasteiger partial charge is 0.141 e. The molecule has 1 N–H and O–H groups in total. The Labute approximate surface area is 88.3 Å². The van der Waals surface area contributed by atoms with Crippen molar-refractivity contribution < 1.29 is 0 Å². The fraction of sp³-hybridized carbons (Fsp3) is 0. The maximum Gasteiger partial charge on any atom is 0.141 e. The van der Waals surface area contributed by atoms with E-state index < -0.39 is 0 Å². The number of nitrogens with one attached hydrogen (secondary N) is 1. The number of hydrogen-bond donors (Lipinski definition) is 1. The molecule has 0 radical (unpaired) electrons. The molecule has 2 heterocycles. The first kappa shape index (κ1) is 7.94. The predicted octanol–water partition coefficient (Wildman–Crippen LogP) is 2.87. The molecule has 0 spiro atoms. The highest BCUT2D eigenvalue weighted by Gasteiger charge is 2.04. The molecule has 0 unspecified atom stereocenters. The first-order chi connectivity index (χ1) is 6.84. The van der Waals surface area contributed by atoms with E-state index in [1.54, 1.807) is 6.33 Å². The molecule has 0 saturated heterocycles. The first-order valence-corrected chi connectivity index (χ1v) is 5.01. The predicted molar refractivity (Wildman–Crippen MR) is 59.1 cm³/mol. The van der Waals surface area contributed by atoms with Crippen LogP contribution in [-0.4, -0.2) is 15.0 Å². The summed E-state index contributed by atoms with van der Waals surface area (Å²) in [5.41, 5.74) is 1.96. The van der Waals surface area contributed by atoms with Crippen LogP contribution in [0.5, 0.6) is 0 Å². The van der Waals surface area contributed by atoms with E-state index in [1.165, 1.54) is 0 Å². The van der Waals surface area contributed by atoms with Gasteiger partial charge >= 0.3 is 0 Å². The van der Waals surface area contributed by atoms with Crippen molar-refractivity contribution in [3.63, 3.8) is 0 Å². The zero-order valence-electron chi connectivity index (χ0n) is 7.16. The van der Waals surface area contributed by atoms with Gasteiger partial charge in [-0.3, -0.25) is 0 Å². The molecule has 4 heteroatoms. The van der Waals surface area contributed by atoms with Crippen LogP contribution in [0.3, 0.4) is 0 Å². The molecule has 0 aliphatic rings. The number of fused-ring (bicyclic) bond motifs is 3. The minimum atomic E-state index is 0.883. The molecule has 0 amide bonds. The van der Waals surface area contributed by atoms with Gasteiger partial charge in [0.05, 0.1) is 0 Å². The maximum atomic E-state index is 4.17. The van der Waals surface area contributed by atoms with E-state index in [0.29, 0.717) is 0 Å². The number of halogens is 1. The average Bonchev–Trinajstić information content (AvgIpc) is 2.54. The summed E-state index contributed by atoms with van der Waals surface area (Å²) in [6.45, 7) is 0. The summed E-state index contributed by atoms with van der Waals surface area (Å²) in [5, 5.41) is 2.22. The summed E-state index contributed by atoms with van der Waals surface area (Å²) in [4.78, 5) is 11.4. The van der Waals surface area contributed by atoms with Crippen LogP contribution in [0.4, 0.5) is 0 Å². The van der Waals surface area contributed by atoms with Crippen LogP contribution < -0.4 is 0 Å². The summed E-state index contributed by atoms with van der Waals surface area (Å²) >= 11 is 3.43. The Bertz CT molecular complexity index is 615. The van der Waals surface area contributed by atoms with Gasteiger partial charge < -0.3 is 4.98 Å². The zero-order valence-corrected chi connectivity index (χ0v) is 8.75. The molecule has 0 bridgehead atoms. The highest BCUT2D eigenvalue weighted by molar-refractivity contribution is 9.10. The van der Waals surface area contributed by atoms with Crippen molar-refractivity contribution in [2.24, 2.45) is 0 Å². The second kappa shape index (κ2) is 2.78. The van der Waals surface area contributed by atoms with Gasteiger partial charge in [0.2, 0.25) is 0 Å². The van der Waals surface area contributed by atoms with Gasteiger partial charge in [-0.25, -0.2) is 9.97 Å². The monoisotopic (exact) mass is 247 g/mol. The Balaban J connectivity index is 2.57. The van der Waals surface area contributed by atoms with Crippen LogP contribution in [0.15, 0.2) is 35.2 Å². The summed E-state index contributed by atoms with van der Waals surface area (Å²) in [7, 11) is 0. The second-order valence-corrected chi connectivity index (χ2v) is 4.02. The van der Waals surface area contributed by atoms with Crippen molar-refractivity contribution in [3.05, 3.63) is 35.2 Å². The van der Waals surface area contributed by atoms with Crippen molar-refractivity contribution in [3.8, 4) is 0 Å². The Morgan fingerprint density at radius 1 is 1.21 bits per heavy atom. The number of aromatic amines is 1. The SMILES string of the molecule is Brc1ccc2c(c1)[nH]c1ncncc12. The Kier molecular flexibility index (Phi) is 1.58. The largest absolute Gasteiger partial charge is 0.339 e. The molecule has 2 aromatic heterocycles. The quantitative estimate of drug-likeness (QED) is 0.664. The number of H-pyrrole nitrogens is 1. The van der Waals surface area contributed by atoms with Crippen LogP contribution in [0.2, 0.25) is 0 Å². The fourth-order valence-corrected chi connectivity index (χ4v) is 1.97. The normalized spacial score (nSPS) is 11.2. The van der Waals surface area contributed by atoms with E-state index in [9.17, 15) is 0 Å². The van der Waals surface area contributed by atoms with Crippen molar-refractivity contribution in [1.82, 2.24) is 15.0 Å². The molecule has 0 aliphatic carbocycles. The fourth-order valence-electron chi connectivity index (χ4n) is 1.61. The molecule has 0 aliphatic heterocycles. The highest BCUT2D eigenvalue weighted by atomic mass is 79.9. The van der Waals surface area contributed by atoms with Gasteiger partial charge in [0.1, 0.15) is 12.0 Å².